The van der Waals surface area contributed by atoms with Crippen LogP contribution in [0.3, 0.4) is 0 Å². The molecule has 2 aromatic rings. The first-order chi connectivity index (χ1) is 11.7. The average molecular weight is 323 g/mol. The molecule has 0 atom stereocenters. The molecule has 0 aromatic heterocycles. The molecule has 0 fully saturated rings. The Morgan fingerprint density at radius 2 is 1.62 bits per heavy atom. The van der Waals surface area contributed by atoms with Crippen LogP contribution in [0, 0.1) is 0 Å². The molecule has 0 unspecified atom stereocenters. The van der Waals surface area contributed by atoms with Gasteiger partial charge >= 0.3 is 5.97 Å². The number of hydrogen-bond donors (Lipinski definition) is 1. The van der Waals surface area contributed by atoms with Crippen LogP contribution in [0.1, 0.15) is 29.3 Å². The summed E-state index contributed by atoms with van der Waals surface area (Å²) < 4.78 is 5.10. The zero-order chi connectivity index (χ0) is 17.2. The lowest BCUT2D eigenvalue weighted by Crippen LogP contribution is -2.25. The topological polar surface area (TPSA) is 55.4 Å². The molecule has 124 valence electrons. The molecule has 0 heterocycles. The van der Waals surface area contributed by atoms with Crippen LogP contribution in [0.4, 0.5) is 0 Å². The summed E-state index contributed by atoms with van der Waals surface area (Å²) in [7, 11) is 0. The summed E-state index contributed by atoms with van der Waals surface area (Å²) in [6.07, 6.45) is 2.21. The van der Waals surface area contributed by atoms with Crippen molar-refractivity contribution in [2.24, 2.45) is 0 Å². The molecule has 4 heteroatoms. The lowest BCUT2D eigenvalue weighted by Gasteiger charge is -2.09. The highest BCUT2D eigenvalue weighted by atomic mass is 16.5. The molecule has 0 aliphatic heterocycles. The Labute approximate surface area is 142 Å². The van der Waals surface area contributed by atoms with E-state index in [9.17, 15) is 9.59 Å². The van der Waals surface area contributed by atoms with E-state index in [0.717, 1.165) is 5.56 Å². The molecule has 0 radical (unpaired) electrons. The van der Waals surface area contributed by atoms with E-state index in [-0.39, 0.29) is 11.9 Å². The fourth-order valence-corrected chi connectivity index (χ4v) is 2.21. The zero-order valence-electron chi connectivity index (χ0n) is 13.7. The van der Waals surface area contributed by atoms with Gasteiger partial charge in [-0.3, -0.25) is 4.79 Å². The molecule has 4 nitrogen and oxygen atoms in total. The van der Waals surface area contributed by atoms with Crippen molar-refractivity contribution in [3.05, 3.63) is 77.4 Å². The summed E-state index contributed by atoms with van der Waals surface area (Å²) in [5.74, 6) is -0.506. The fourth-order valence-electron chi connectivity index (χ4n) is 2.21. The van der Waals surface area contributed by atoms with Crippen molar-refractivity contribution in [1.82, 2.24) is 5.32 Å². The maximum atomic E-state index is 12.1. The number of carbonyl (C=O) groups is 2. The molecule has 1 amide bonds. The minimum atomic E-state index is -0.352. The Kier molecular flexibility index (Phi) is 6.77. The van der Waals surface area contributed by atoms with Crippen molar-refractivity contribution in [1.29, 1.82) is 0 Å². The molecule has 24 heavy (non-hydrogen) atoms. The van der Waals surface area contributed by atoms with Gasteiger partial charge in [0.1, 0.15) is 0 Å². The average Bonchev–Trinajstić information content (AvgIpc) is 2.62. The van der Waals surface area contributed by atoms with Gasteiger partial charge in [-0.2, -0.15) is 0 Å². The second-order valence-electron chi connectivity index (χ2n) is 5.17. The summed E-state index contributed by atoms with van der Waals surface area (Å²) in [4.78, 5) is 24.1. The van der Waals surface area contributed by atoms with Crippen molar-refractivity contribution in [2.45, 2.75) is 13.3 Å². The molecule has 0 aliphatic rings. The molecule has 2 rings (SSSR count). The predicted octanol–water partition coefficient (Wildman–Crippen LogP) is 3.45. The fraction of sp³-hybridized carbons (Fsp3) is 0.200. The number of hydrogen-bond acceptors (Lipinski definition) is 3. The number of carbonyl (C=O) groups excluding carboxylic acids is 2. The van der Waals surface area contributed by atoms with Crippen molar-refractivity contribution >= 4 is 18.0 Å². The number of benzene rings is 2. The molecular weight excluding hydrogens is 302 g/mol. The van der Waals surface area contributed by atoms with Crippen molar-refractivity contribution < 1.29 is 14.3 Å². The maximum Gasteiger partial charge on any atom is 0.334 e. The quantitative estimate of drug-likeness (QED) is 0.627. The number of amides is 1. The zero-order valence-corrected chi connectivity index (χ0v) is 13.7. The first-order valence-corrected chi connectivity index (χ1v) is 7.96. The van der Waals surface area contributed by atoms with Crippen LogP contribution in [-0.2, 0) is 9.53 Å². The number of rotatable bonds is 7. The van der Waals surface area contributed by atoms with E-state index >= 15 is 0 Å². The summed E-state index contributed by atoms with van der Waals surface area (Å²) in [6.45, 7) is 2.46. The molecule has 0 saturated carbocycles. The lowest BCUT2D eigenvalue weighted by molar-refractivity contribution is -0.138. The van der Waals surface area contributed by atoms with Gasteiger partial charge in [0.2, 0.25) is 0 Å². The molecule has 2 aromatic carbocycles. The van der Waals surface area contributed by atoms with Crippen LogP contribution in [0.25, 0.3) is 6.08 Å². The van der Waals surface area contributed by atoms with Gasteiger partial charge in [-0.1, -0.05) is 48.5 Å². The van der Waals surface area contributed by atoms with Crippen LogP contribution in [0.2, 0.25) is 0 Å². The van der Waals surface area contributed by atoms with Crippen LogP contribution >= 0.6 is 0 Å². The monoisotopic (exact) mass is 323 g/mol. The Morgan fingerprint density at radius 3 is 2.25 bits per heavy atom. The molecular formula is C20H21NO3. The van der Waals surface area contributed by atoms with Crippen molar-refractivity contribution in [3.63, 3.8) is 0 Å². The van der Waals surface area contributed by atoms with E-state index < -0.39 is 0 Å². The third kappa shape index (κ3) is 5.39. The van der Waals surface area contributed by atoms with Crippen molar-refractivity contribution in [3.8, 4) is 0 Å². The molecule has 1 N–H and O–H groups in total. The van der Waals surface area contributed by atoms with Crippen LogP contribution in [0.5, 0.6) is 0 Å². The van der Waals surface area contributed by atoms with E-state index in [4.69, 9.17) is 4.74 Å². The third-order valence-electron chi connectivity index (χ3n) is 3.39. The normalized spacial score (nSPS) is 11.0. The summed E-state index contributed by atoms with van der Waals surface area (Å²) in [6, 6.07) is 18.6. The number of ether oxygens (including phenoxy) is 1. The summed E-state index contributed by atoms with van der Waals surface area (Å²) in [5.41, 5.74) is 2.06. The van der Waals surface area contributed by atoms with Crippen molar-refractivity contribution in [2.75, 3.05) is 13.2 Å². The van der Waals surface area contributed by atoms with Gasteiger partial charge in [0, 0.05) is 17.7 Å². The molecule has 0 bridgehead atoms. The highest BCUT2D eigenvalue weighted by Gasteiger charge is 2.12. The predicted molar refractivity (Wildman–Crippen MR) is 94.4 cm³/mol. The van der Waals surface area contributed by atoms with E-state index in [2.05, 4.69) is 5.32 Å². The van der Waals surface area contributed by atoms with Crippen LogP contribution in [-0.4, -0.2) is 25.0 Å². The molecule has 0 spiro atoms. The van der Waals surface area contributed by atoms with Gasteiger partial charge < -0.3 is 10.1 Å². The SMILES string of the molecule is CCOC(=O)/C(=C\c1ccccc1)CCNC(=O)c1ccccc1. The van der Waals surface area contributed by atoms with Gasteiger partial charge in [-0.05, 0) is 37.1 Å². The van der Waals surface area contributed by atoms with Gasteiger partial charge in [0.25, 0.3) is 5.91 Å². The standard InChI is InChI=1S/C20H21NO3/c1-2-24-20(23)18(15-16-9-5-3-6-10-16)13-14-21-19(22)17-11-7-4-8-12-17/h3-12,15H,2,13-14H2,1H3,(H,21,22)/b18-15-. The Balaban J connectivity index is 2.00. The largest absolute Gasteiger partial charge is 0.463 e. The number of nitrogens with one attached hydrogen (secondary N) is 1. The summed E-state index contributed by atoms with van der Waals surface area (Å²) >= 11 is 0. The Bertz CT molecular complexity index is 693. The minimum Gasteiger partial charge on any atom is -0.463 e. The lowest BCUT2D eigenvalue weighted by atomic mass is 10.1. The second kappa shape index (κ2) is 9.30. The minimum absolute atomic E-state index is 0.154. The highest BCUT2D eigenvalue weighted by molar-refractivity contribution is 5.95. The number of esters is 1. The van der Waals surface area contributed by atoms with Gasteiger partial charge in [-0.15, -0.1) is 0 Å². The van der Waals surface area contributed by atoms with Crippen LogP contribution < -0.4 is 5.32 Å². The first-order valence-electron chi connectivity index (χ1n) is 7.96. The highest BCUT2D eigenvalue weighted by Crippen LogP contribution is 2.11. The van der Waals surface area contributed by atoms with Crippen LogP contribution in [0.15, 0.2) is 66.2 Å². The van der Waals surface area contributed by atoms with E-state index in [1.165, 1.54) is 0 Å². The third-order valence-corrected chi connectivity index (χ3v) is 3.39. The molecule has 0 aliphatic carbocycles. The Hall–Kier alpha value is -2.88. The Morgan fingerprint density at radius 1 is 1.00 bits per heavy atom. The van der Waals surface area contributed by atoms with Gasteiger partial charge in [-0.25, -0.2) is 4.79 Å². The first kappa shape index (κ1) is 17.5. The van der Waals surface area contributed by atoms with Gasteiger partial charge in [0.05, 0.1) is 6.61 Å². The van der Waals surface area contributed by atoms with E-state index in [1.54, 1.807) is 25.1 Å². The maximum absolute atomic E-state index is 12.1. The second-order valence-corrected chi connectivity index (χ2v) is 5.17. The molecule has 0 saturated heterocycles. The van der Waals surface area contributed by atoms with E-state index in [0.29, 0.717) is 30.7 Å². The smallest absolute Gasteiger partial charge is 0.334 e. The van der Waals surface area contributed by atoms with E-state index in [1.807, 2.05) is 48.5 Å². The summed E-state index contributed by atoms with van der Waals surface area (Å²) in [5, 5.41) is 2.82. The van der Waals surface area contributed by atoms with Gasteiger partial charge in [0.15, 0.2) is 0 Å².